The van der Waals surface area contributed by atoms with Crippen LogP contribution in [0.5, 0.6) is 0 Å². The van der Waals surface area contributed by atoms with Crippen molar-refractivity contribution in [3.8, 4) is 0 Å². The van der Waals surface area contributed by atoms with E-state index in [-0.39, 0.29) is 18.9 Å². The van der Waals surface area contributed by atoms with Gasteiger partial charge < -0.3 is 0 Å². The first-order valence-electron chi connectivity index (χ1n) is 5.18. The van der Waals surface area contributed by atoms with Gasteiger partial charge in [-0.05, 0) is 25.8 Å². The average molecular weight is 233 g/mol. The van der Waals surface area contributed by atoms with Gasteiger partial charge in [0.1, 0.15) is 5.54 Å². The number of aromatic nitrogens is 2. The molecule has 0 radical (unpaired) electrons. The van der Waals surface area contributed by atoms with Crippen LogP contribution in [0.15, 0.2) is 12.3 Å². The zero-order valence-corrected chi connectivity index (χ0v) is 9.17. The molecule has 0 aromatic carbocycles. The molecule has 1 saturated carbocycles. The van der Waals surface area contributed by atoms with Crippen LogP contribution in [0, 0.1) is 0 Å². The fourth-order valence-electron chi connectivity index (χ4n) is 1.93. The molecule has 1 atom stereocenters. The Kier molecular flexibility index (Phi) is 2.49. The maximum atomic E-state index is 12.7. The zero-order chi connectivity index (χ0) is 12.0. The third-order valence-corrected chi connectivity index (χ3v) is 3.09. The summed E-state index contributed by atoms with van der Waals surface area (Å²) >= 11 is 0. The van der Waals surface area contributed by atoms with Crippen LogP contribution < -0.4 is 5.32 Å². The van der Waals surface area contributed by atoms with Crippen molar-refractivity contribution in [3.63, 3.8) is 0 Å². The van der Waals surface area contributed by atoms with Crippen LogP contribution in [0.3, 0.4) is 0 Å². The summed E-state index contributed by atoms with van der Waals surface area (Å²) in [6.45, 7) is 1.73. The second kappa shape index (κ2) is 3.48. The van der Waals surface area contributed by atoms with Crippen molar-refractivity contribution >= 4 is 0 Å². The minimum atomic E-state index is -4.17. The molecule has 3 nitrogen and oxygen atoms in total. The molecule has 16 heavy (non-hydrogen) atoms. The summed E-state index contributed by atoms with van der Waals surface area (Å²) in [7, 11) is 1.72. The van der Waals surface area contributed by atoms with Gasteiger partial charge in [-0.3, -0.25) is 10.00 Å². The Balaban J connectivity index is 2.09. The van der Waals surface area contributed by atoms with E-state index in [1.807, 2.05) is 0 Å². The molecule has 0 saturated heterocycles. The van der Waals surface area contributed by atoms with E-state index in [1.165, 1.54) is 0 Å². The van der Waals surface area contributed by atoms with Gasteiger partial charge in [-0.2, -0.15) is 18.3 Å². The maximum absolute atomic E-state index is 12.7. The number of halogens is 3. The Morgan fingerprint density at radius 1 is 1.50 bits per heavy atom. The van der Waals surface area contributed by atoms with Gasteiger partial charge in [0, 0.05) is 19.3 Å². The highest BCUT2D eigenvalue weighted by molar-refractivity contribution is 5.13. The standard InChI is InChI=1S/C10H14F3N3/c1-7(8-3-6-14-16(8)2)15-9(4-5-9)10(11,12)13/h3,6-7,15H,4-5H2,1-2H3. The van der Waals surface area contributed by atoms with Gasteiger partial charge in [-0.1, -0.05) is 0 Å². The highest BCUT2D eigenvalue weighted by Gasteiger charge is 2.63. The fraction of sp³-hybridized carbons (Fsp3) is 0.700. The molecule has 1 unspecified atom stereocenters. The number of nitrogens with zero attached hydrogens (tertiary/aromatic N) is 2. The Morgan fingerprint density at radius 2 is 2.12 bits per heavy atom. The molecular weight excluding hydrogens is 219 g/mol. The molecule has 2 rings (SSSR count). The van der Waals surface area contributed by atoms with E-state index in [0.717, 1.165) is 5.69 Å². The number of alkyl halides is 3. The topological polar surface area (TPSA) is 29.9 Å². The Bertz CT molecular complexity index is 379. The Morgan fingerprint density at radius 3 is 2.50 bits per heavy atom. The summed E-state index contributed by atoms with van der Waals surface area (Å²) < 4.78 is 39.7. The van der Waals surface area contributed by atoms with Crippen LogP contribution in [0.25, 0.3) is 0 Å². The first-order chi connectivity index (χ1) is 7.36. The van der Waals surface area contributed by atoms with E-state index in [4.69, 9.17) is 0 Å². The van der Waals surface area contributed by atoms with E-state index in [2.05, 4.69) is 10.4 Å². The van der Waals surface area contributed by atoms with Crippen LogP contribution >= 0.6 is 0 Å². The van der Waals surface area contributed by atoms with Crippen molar-refractivity contribution in [2.24, 2.45) is 7.05 Å². The lowest BCUT2D eigenvalue weighted by Crippen LogP contribution is -2.46. The van der Waals surface area contributed by atoms with Crippen molar-refractivity contribution in [1.29, 1.82) is 0 Å². The Labute approximate surface area is 91.6 Å². The number of hydrogen-bond acceptors (Lipinski definition) is 2. The third kappa shape index (κ3) is 1.81. The summed E-state index contributed by atoms with van der Waals surface area (Å²) in [4.78, 5) is 0. The van der Waals surface area contributed by atoms with Crippen LogP contribution in [-0.4, -0.2) is 21.5 Å². The lowest BCUT2D eigenvalue weighted by Gasteiger charge is -2.25. The minimum Gasteiger partial charge on any atom is -0.295 e. The van der Waals surface area contributed by atoms with Gasteiger partial charge in [0.05, 0.1) is 5.69 Å². The van der Waals surface area contributed by atoms with Crippen molar-refractivity contribution < 1.29 is 13.2 Å². The largest absolute Gasteiger partial charge is 0.406 e. The predicted molar refractivity (Wildman–Crippen MR) is 52.8 cm³/mol. The SMILES string of the molecule is CC(NC1(C(F)(F)F)CC1)c1ccnn1C. The number of nitrogens with one attached hydrogen (secondary N) is 1. The third-order valence-electron chi connectivity index (χ3n) is 3.09. The Hall–Kier alpha value is -1.04. The molecule has 1 aromatic rings. The van der Waals surface area contributed by atoms with E-state index in [0.29, 0.717) is 0 Å². The molecule has 90 valence electrons. The number of hydrogen-bond donors (Lipinski definition) is 1. The lowest BCUT2D eigenvalue weighted by atomic mass is 10.1. The zero-order valence-electron chi connectivity index (χ0n) is 9.17. The molecule has 0 bridgehead atoms. The molecule has 1 aliphatic carbocycles. The van der Waals surface area contributed by atoms with Gasteiger partial charge in [-0.15, -0.1) is 0 Å². The van der Waals surface area contributed by atoms with Gasteiger partial charge >= 0.3 is 6.18 Å². The summed E-state index contributed by atoms with van der Waals surface area (Å²) in [5.74, 6) is 0. The lowest BCUT2D eigenvalue weighted by molar-refractivity contribution is -0.167. The van der Waals surface area contributed by atoms with Gasteiger partial charge in [0.25, 0.3) is 0 Å². The molecule has 1 N–H and O–H groups in total. The van der Waals surface area contributed by atoms with Gasteiger partial charge in [0.15, 0.2) is 0 Å². The minimum absolute atomic E-state index is 0.165. The molecule has 0 aliphatic heterocycles. The second-order valence-corrected chi connectivity index (χ2v) is 4.33. The molecule has 1 fully saturated rings. The van der Waals surface area contributed by atoms with E-state index in [1.54, 1.807) is 30.9 Å². The van der Waals surface area contributed by atoms with Crippen LogP contribution in [0.1, 0.15) is 31.5 Å². The molecular formula is C10H14F3N3. The number of rotatable bonds is 3. The fourth-order valence-corrected chi connectivity index (χ4v) is 1.93. The molecule has 1 aromatic heterocycles. The monoisotopic (exact) mass is 233 g/mol. The first kappa shape index (κ1) is 11.4. The predicted octanol–water partition coefficient (Wildman–Crippen LogP) is 2.17. The summed E-state index contributed by atoms with van der Waals surface area (Å²) in [5, 5.41) is 6.61. The van der Waals surface area contributed by atoms with Gasteiger partial charge in [-0.25, -0.2) is 0 Å². The highest BCUT2D eigenvalue weighted by Crippen LogP contribution is 2.50. The smallest absolute Gasteiger partial charge is 0.295 e. The molecule has 0 spiro atoms. The van der Waals surface area contributed by atoms with E-state index < -0.39 is 11.7 Å². The molecule has 1 heterocycles. The summed E-state index contributed by atoms with van der Waals surface area (Å²) in [6.07, 6.45) is -2.25. The van der Waals surface area contributed by atoms with Gasteiger partial charge in [0.2, 0.25) is 0 Å². The normalized spacial score (nSPS) is 20.8. The molecule has 6 heteroatoms. The highest BCUT2D eigenvalue weighted by atomic mass is 19.4. The molecule has 1 aliphatic rings. The van der Waals surface area contributed by atoms with E-state index >= 15 is 0 Å². The van der Waals surface area contributed by atoms with Crippen LogP contribution in [-0.2, 0) is 7.05 Å². The average Bonchev–Trinajstić information content (AvgIpc) is 2.81. The van der Waals surface area contributed by atoms with Crippen molar-refractivity contribution in [1.82, 2.24) is 15.1 Å². The maximum Gasteiger partial charge on any atom is 0.406 e. The summed E-state index contributed by atoms with van der Waals surface area (Å²) in [5.41, 5.74) is -0.910. The van der Waals surface area contributed by atoms with E-state index in [9.17, 15) is 13.2 Å². The first-order valence-corrected chi connectivity index (χ1v) is 5.18. The van der Waals surface area contributed by atoms with Crippen molar-refractivity contribution in [3.05, 3.63) is 18.0 Å². The van der Waals surface area contributed by atoms with Crippen LogP contribution in [0.2, 0.25) is 0 Å². The van der Waals surface area contributed by atoms with Crippen molar-refractivity contribution in [2.45, 2.75) is 37.5 Å². The molecule has 0 amide bonds. The second-order valence-electron chi connectivity index (χ2n) is 4.33. The quantitative estimate of drug-likeness (QED) is 0.867. The van der Waals surface area contributed by atoms with Crippen LogP contribution in [0.4, 0.5) is 13.2 Å². The summed E-state index contributed by atoms with van der Waals surface area (Å²) in [6, 6.07) is 1.38. The van der Waals surface area contributed by atoms with Crippen molar-refractivity contribution in [2.75, 3.05) is 0 Å². The number of aryl methyl sites for hydroxylation is 1.